The number of aryl methyl sites for hydroxylation is 1. The van der Waals surface area contributed by atoms with Gasteiger partial charge >= 0.3 is 5.97 Å². The molecule has 0 fully saturated rings. The number of methoxy groups -OCH3 is 1. The molecule has 0 aliphatic heterocycles. The van der Waals surface area contributed by atoms with Crippen molar-refractivity contribution in [2.75, 3.05) is 13.7 Å². The molecule has 0 radical (unpaired) electrons. The summed E-state index contributed by atoms with van der Waals surface area (Å²) in [5, 5.41) is 1.03. The maximum Gasteiger partial charge on any atom is 0.338 e. The Bertz CT molecular complexity index is 1570. The molecule has 5 nitrogen and oxygen atoms in total. The highest BCUT2D eigenvalue weighted by atomic mass is 35.5. The Morgan fingerprint density at radius 3 is 2.52 bits per heavy atom. The summed E-state index contributed by atoms with van der Waals surface area (Å²) in [5.41, 5.74) is 3.15. The number of nitrogens with zero attached hydrogens (tertiary/aromatic N) is 2. The molecule has 0 saturated heterocycles. The van der Waals surface area contributed by atoms with Crippen molar-refractivity contribution in [2.24, 2.45) is 0 Å². The van der Waals surface area contributed by atoms with E-state index in [2.05, 4.69) is 0 Å². The van der Waals surface area contributed by atoms with Crippen molar-refractivity contribution >= 4 is 29.3 Å². The Hall–Kier alpha value is -3.43. The zero-order valence-corrected chi connectivity index (χ0v) is 24.8. The second kappa shape index (κ2) is 13.3. The van der Waals surface area contributed by atoms with E-state index in [0.717, 1.165) is 54.8 Å². The third kappa shape index (κ3) is 6.32. The Morgan fingerprint density at radius 1 is 1.10 bits per heavy atom. The number of rotatable bonds is 10. The minimum Gasteiger partial charge on any atom is -0.495 e. The molecule has 0 amide bonds. The molecule has 0 spiro atoms. The van der Waals surface area contributed by atoms with Crippen LogP contribution in [0.5, 0.6) is 5.75 Å². The molecule has 1 aromatic heterocycles. The predicted molar refractivity (Wildman–Crippen MR) is 157 cm³/mol. The second-order valence-electron chi connectivity index (χ2n) is 10.1. The third-order valence-corrected chi connectivity index (χ3v) is 8.59. The largest absolute Gasteiger partial charge is 0.495 e. The monoisotopic (exact) mass is 614 g/mol. The van der Waals surface area contributed by atoms with E-state index in [1.807, 2.05) is 23.6 Å². The van der Waals surface area contributed by atoms with Crippen LogP contribution in [0.2, 0.25) is 5.02 Å². The van der Waals surface area contributed by atoms with Crippen LogP contribution in [0.1, 0.15) is 71.4 Å². The molecule has 0 bridgehead atoms. The lowest BCUT2D eigenvalue weighted by atomic mass is 9.84. The van der Waals surface area contributed by atoms with Crippen molar-refractivity contribution in [2.45, 2.75) is 55.9 Å². The van der Waals surface area contributed by atoms with E-state index >= 15 is 8.78 Å². The zero-order chi connectivity index (χ0) is 29.8. The van der Waals surface area contributed by atoms with Crippen LogP contribution in [0.3, 0.4) is 0 Å². The van der Waals surface area contributed by atoms with Crippen molar-refractivity contribution < 1.29 is 27.4 Å². The Balaban J connectivity index is 1.50. The molecule has 10 heteroatoms. The standard InChI is InChI=1S/C32H30ClF3N2O3S/c1-3-4-14-41-31(39)20-15-26(35)24(27(36)16-20)18-42-32-37-28-7-5-6-23(19-8-13-25(33)29(17-19)40-2)30(28)38(32)22-11-9-21(34)10-12-22/h8-13,15-17,23H,3-7,14,18H2,1-2H3. The molecule has 5 rings (SSSR count). The van der Waals surface area contributed by atoms with Gasteiger partial charge in [-0.1, -0.05) is 42.8 Å². The average Bonchev–Trinajstić information content (AvgIpc) is 3.36. The highest BCUT2D eigenvalue weighted by Crippen LogP contribution is 2.42. The smallest absolute Gasteiger partial charge is 0.338 e. The molecule has 1 atom stereocenters. The fourth-order valence-electron chi connectivity index (χ4n) is 5.15. The van der Waals surface area contributed by atoms with Crippen LogP contribution in [-0.2, 0) is 16.9 Å². The minimum absolute atomic E-state index is 0.0571. The fraction of sp³-hybridized carbons (Fsp3) is 0.312. The fourth-order valence-corrected chi connectivity index (χ4v) is 6.40. The summed E-state index contributed by atoms with van der Waals surface area (Å²) in [6.45, 7) is 2.14. The second-order valence-corrected chi connectivity index (χ2v) is 11.4. The van der Waals surface area contributed by atoms with Gasteiger partial charge in [0.1, 0.15) is 23.2 Å². The van der Waals surface area contributed by atoms with Gasteiger partial charge in [0.25, 0.3) is 0 Å². The number of esters is 1. The average molecular weight is 615 g/mol. The van der Waals surface area contributed by atoms with Gasteiger partial charge in [0.05, 0.1) is 35.7 Å². The topological polar surface area (TPSA) is 53.3 Å². The molecular weight excluding hydrogens is 585 g/mol. The van der Waals surface area contributed by atoms with Crippen molar-refractivity contribution in [1.82, 2.24) is 9.55 Å². The maximum atomic E-state index is 15.1. The molecule has 42 heavy (non-hydrogen) atoms. The van der Waals surface area contributed by atoms with Crippen molar-refractivity contribution in [3.05, 3.63) is 105 Å². The normalized spacial score (nSPS) is 14.5. The summed E-state index contributed by atoms with van der Waals surface area (Å²) in [6, 6.07) is 13.8. The Labute approximate surface area is 252 Å². The van der Waals surface area contributed by atoms with Gasteiger partial charge in [-0.3, -0.25) is 4.57 Å². The summed E-state index contributed by atoms with van der Waals surface area (Å²) in [7, 11) is 1.56. The molecule has 0 saturated carbocycles. The van der Waals surface area contributed by atoms with Crippen molar-refractivity contribution in [3.63, 3.8) is 0 Å². The van der Waals surface area contributed by atoms with Gasteiger partial charge in [-0.2, -0.15) is 0 Å². The van der Waals surface area contributed by atoms with E-state index in [9.17, 15) is 9.18 Å². The van der Waals surface area contributed by atoms with Crippen molar-refractivity contribution in [1.29, 1.82) is 0 Å². The number of carbonyl (C=O) groups excluding carboxylic acids is 1. The first-order valence-corrected chi connectivity index (χ1v) is 15.2. The predicted octanol–water partition coefficient (Wildman–Crippen LogP) is 8.67. The molecule has 1 aliphatic rings. The van der Waals surface area contributed by atoms with Gasteiger partial charge in [-0.05, 0) is 79.8 Å². The lowest BCUT2D eigenvalue weighted by Gasteiger charge is -2.26. The number of carbonyl (C=O) groups is 1. The summed E-state index contributed by atoms with van der Waals surface area (Å²) in [5.74, 6) is -2.37. The number of fused-ring (bicyclic) bond motifs is 1. The van der Waals surface area contributed by atoms with Gasteiger partial charge in [0, 0.05) is 22.9 Å². The number of aromatic nitrogens is 2. The molecule has 1 heterocycles. The van der Waals surface area contributed by atoms with Crippen LogP contribution in [0.25, 0.3) is 5.69 Å². The van der Waals surface area contributed by atoms with Crippen LogP contribution in [0, 0.1) is 17.5 Å². The van der Waals surface area contributed by atoms with Crippen LogP contribution >= 0.6 is 23.4 Å². The molecule has 4 aromatic rings. The molecule has 220 valence electrons. The lowest BCUT2D eigenvalue weighted by molar-refractivity contribution is 0.0498. The summed E-state index contributed by atoms with van der Waals surface area (Å²) >= 11 is 7.47. The van der Waals surface area contributed by atoms with E-state index in [4.69, 9.17) is 26.1 Å². The SMILES string of the molecule is CCCCOC(=O)c1cc(F)c(CSc2nc3c(n2-c2ccc(F)cc2)C(c2ccc(Cl)c(OC)c2)CCC3)c(F)c1. The highest BCUT2D eigenvalue weighted by Gasteiger charge is 2.31. The van der Waals surface area contributed by atoms with Gasteiger partial charge < -0.3 is 9.47 Å². The first-order valence-electron chi connectivity index (χ1n) is 13.8. The van der Waals surface area contributed by atoms with Crippen LogP contribution in [0.15, 0.2) is 59.8 Å². The number of halogens is 4. The van der Waals surface area contributed by atoms with E-state index in [0.29, 0.717) is 28.0 Å². The maximum absolute atomic E-state index is 15.1. The van der Waals surface area contributed by atoms with E-state index in [1.165, 1.54) is 23.9 Å². The quantitative estimate of drug-likeness (QED) is 0.102. The Kier molecular flexibility index (Phi) is 9.48. The number of hydrogen-bond donors (Lipinski definition) is 0. The zero-order valence-electron chi connectivity index (χ0n) is 23.3. The molecule has 3 aromatic carbocycles. The van der Waals surface area contributed by atoms with E-state index in [-0.39, 0.29) is 35.2 Å². The molecule has 1 aliphatic carbocycles. The number of benzene rings is 3. The van der Waals surface area contributed by atoms with Crippen LogP contribution in [0.4, 0.5) is 13.2 Å². The first-order chi connectivity index (χ1) is 20.3. The molecular formula is C32H30ClF3N2O3S. The van der Waals surface area contributed by atoms with Crippen LogP contribution < -0.4 is 4.74 Å². The summed E-state index contributed by atoms with van der Waals surface area (Å²) in [6.07, 6.45) is 3.97. The molecule has 0 N–H and O–H groups in total. The van der Waals surface area contributed by atoms with E-state index < -0.39 is 17.6 Å². The Morgan fingerprint density at radius 2 is 1.83 bits per heavy atom. The summed E-state index contributed by atoms with van der Waals surface area (Å²) < 4.78 is 56.6. The number of imidazole rings is 1. The number of hydrogen-bond acceptors (Lipinski definition) is 5. The van der Waals surface area contributed by atoms with Gasteiger partial charge in [-0.25, -0.2) is 22.9 Å². The number of ether oxygens (including phenoxy) is 2. The first kappa shape index (κ1) is 30.0. The van der Waals surface area contributed by atoms with Crippen LogP contribution in [-0.4, -0.2) is 29.2 Å². The van der Waals surface area contributed by atoms with Crippen molar-refractivity contribution in [3.8, 4) is 11.4 Å². The lowest BCUT2D eigenvalue weighted by Crippen LogP contribution is -2.15. The van der Waals surface area contributed by atoms with E-state index in [1.54, 1.807) is 25.3 Å². The van der Waals surface area contributed by atoms with Gasteiger partial charge in [-0.15, -0.1) is 0 Å². The molecule has 1 unspecified atom stereocenters. The summed E-state index contributed by atoms with van der Waals surface area (Å²) in [4.78, 5) is 17.1. The number of unbranched alkanes of at least 4 members (excludes halogenated alkanes) is 1. The third-order valence-electron chi connectivity index (χ3n) is 7.31. The minimum atomic E-state index is -0.833. The van der Waals surface area contributed by atoms with Gasteiger partial charge in [0.15, 0.2) is 5.16 Å². The highest BCUT2D eigenvalue weighted by molar-refractivity contribution is 7.98. The number of thioether (sulfide) groups is 1. The van der Waals surface area contributed by atoms with Gasteiger partial charge in [0.2, 0.25) is 0 Å².